The summed E-state index contributed by atoms with van der Waals surface area (Å²) in [7, 11) is 1.97. The molecule has 2 aromatic rings. The van der Waals surface area contributed by atoms with Crippen LogP contribution in [-0.2, 0) is 11.2 Å². The third kappa shape index (κ3) is 4.71. The lowest BCUT2D eigenvalue weighted by molar-refractivity contribution is -0.132. The van der Waals surface area contributed by atoms with E-state index in [-0.39, 0.29) is 11.9 Å². The molecule has 1 aliphatic heterocycles. The van der Waals surface area contributed by atoms with Crippen molar-refractivity contribution in [2.75, 3.05) is 20.1 Å². The second kappa shape index (κ2) is 9.78. The zero-order chi connectivity index (χ0) is 20.1. The van der Waals surface area contributed by atoms with Gasteiger partial charge in [-0.05, 0) is 55.6 Å². The van der Waals surface area contributed by atoms with Gasteiger partial charge in [-0.2, -0.15) is 0 Å². The lowest BCUT2D eigenvalue weighted by atomic mass is 10.0. The van der Waals surface area contributed by atoms with Crippen molar-refractivity contribution in [1.29, 1.82) is 0 Å². The number of likely N-dealkylation sites (N-methyl/N-ethyl adjacent to an activating group) is 1. The number of hydrogen-bond acceptors (Lipinski definition) is 2. The molecule has 5 heteroatoms. The minimum Gasteiger partial charge on any atom is -0.337 e. The normalized spacial score (nSPS) is 21.0. The fourth-order valence-electron chi connectivity index (χ4n) is 4.27. The van der Waals surface area contributed by atoms with Gasteiger partial charge < -0.3 is 4.90 Å². The quantitative estimate of drug-likeness (QED) is 0.646. The summed E-state index contributed by atoms with van der Waals surface area (Å²) in [6, 6.07) is 16.5. The van der Waals surface area contributed by atoms with Crippen LogP contribution in [0, 0.1) is 0 Å². The van der Waals surface area contributed by atoms with Crippen LogP contribution >= 0.6 is 23.2 Å². The second-order valence-electron chi connectivity index (χ2n) is 7.43. The van der Waals surface area contributed by atoms with E-state index < -0.39 is 0 Å². The molecule has 0 saturated carbocycles. The highest BCUT2D eigenvalue weighted by Gasteiger charge is 2.40. The van der Waals surface area contributed by atoms with E-state index in [2.05, 4.69) is 29.2 Å². The predicted molar refractivity (Wildman–Crippen MR) is 117 cm³/mol. The lowest BCUT2D eigenvalue weighted by Crippen LogP contribution is -2.44. The molecule has 2 unspecified atom stereocenters. The Kier molecular flexibility index (Phi) is 7.39. The van der Waals surface area contributed by atoms with Crippen molar-refractivity contribution in [1.82, 2.24) is 9.80 Å². The smallest absolute Gasteiger partial charge is 0.222 e. The molecule has 2 aliphatic rings. The molecule has 0 bridgehead atoms. The van der Waals surface area contributed by atoms with E-state index in [1.807, 2.05) is 31.0 Å². The number of halogens is 2. The zero-order valence-corrected chi connectivity index (χ0v) is 18.1. The van der Waals surface area contributed by atoms with Crippen molar-refractivity contribution >= 4 is 29.1 Å². The molecule has 1 aliphatic carbocycles. The minimum absolute atomic E-state index is 0.233. The molecule has 2 atom stereocenters. The van der Waals surface area contributed by atoms with Crippen LogP contribution in [0.4, 0.5) is 0 Å². The van der Waals surface area contributed by atoms with Crippen molar-refractivity contribution < 1.29 is 4.79 Å². The molecule has 0 aromatic heterocycles. The van der Waals surface area contributed by atoms with Gasteiger partial charge in [0.1, 0.15) is 0 Å². The summed E-state index contributed by atoms with van der Waals surface area (Å²) in [4.78, 5) is 16.7. The molecule has 1 fully saturated rings. The predicted octanol–water partition coefficient (Wildman–Crippen LogP) is 5.61. The Labute approximate surface area is 178 Å². The number of benzene rings is 2. The van der Waals surface area contributed by atoms with Crippen molar-refractivity contribution in [2.45, 2.75) is 44.7 Å². The Morgan fingerprint density at radius 1 is 1.04 bits per heavy atom. The zero-order valence-electron chi connectivity index (χ0n) is 16.6. The maximum Gasteiger partial charge on any atom is 0.222 e. The van der Waals surface area contributed by atoms with Gasteiger partial charge in [-0.15, -0.1) is 0 Å². The Morgan fingerprint density at radius 2 is 1.61 bits per heavy atom. The number of carbonyl (C=O) groups excluding carboxylic acids is 1. The van der Waals surface area contributed by atoms with Crippen LogP contribution in [0.25, 0.3) is 0 Å². The summed E-state index contributed by atoms with van der Waals surface area (Å²) in [5.74, 6) is 0.246. The van der Waals surface area contributed by atoms with Gasteiger partial charge in [-0.1, -0.05) is 66.5 Å². The van der Waals surface area contributed by atoms with Gasteiger partial charge in [0.15, 0.2) is 0 Å². The van der Waals surface area contributed by atoms with Gasteiger partial charge in [0, 0.05) is 19.5 Å². The second-order valence-corrected chi connectivity index (χ2v) is 8.24. The molecular weight excluding hydrogens is 391 g/mol. The molecule has 150 valence electrons. The van der Waals surface area contributed by atoms with Gasteiger partial charge in [0.2, 0.25) is 5.91 Å². The summed E-state index contributed by atoms with van der Waals surface area (Å²) < 4.78 is 0. The number of hydrogen-bond donors (Lipinski definition) is 0. The maximum absolute atomic E-state index is 12.2. The number of fused-ring (bicyclic) bond motifs is 1. The molecule has 1 heterocycles. The average Bonchev–Trinajstić information content (AvgIpc) is 3.37. The molecule has 1 saturated heterocycles. The van der Waals surface area contributed by atoms with Gasteiger partial charge in [0.25, 0.3) is 0 Å². The summed E-state index contributed by atoms with van der Waals surface area (Å²) in [5, 5.41) is 1.21. The van der Waals surface area contributed by atoms with Crippen LogP contribution < -0.4 is 0 Å². The van der Waals surface area contributed by atoms with Crippen molar-refractivity contribution in [3.8, 4) is 0 Å². The third-order valence-electron chi connectivity index (χ3n) is 5.71. The van der Waals surface area contributed by atoms with Crippen LogP contribution in [0.2, 0.25) is 10.0 Å². The molecule has 1 amide bonds. The molecule has 0 spiro atoms. The first-order chi connectivity index (χ1) is 13.5. The van der Waals surface area contributed by atoms with E-state index in [1.165, 1.54) is 37.1 Å². The largest absolute Gasteiger partial charge is 0.337 e. The van der Waals surface area contributed by atoms with E-state index in [4.69, 9.17) is 23.2 Å². The van der Waals surface area contributed by atoms with Crippen molar-refractivity contribution in [3.63, 3.8) is 0 Å². The summed E-state index contributed by atoms with van der Waals surface area (Å²) in [6.07, 6.45) is 4.26. The fourth-order valence-corrected chi connectivity index (χ4v) is 4.54. The van der Waals surface area contributed by atoms with Gasteiger partial charge in [-0.3, -0.25) is 9.69 Å². The molecule has 4 rings (SSSR count). The van der Waals surface area contributed by atoms with Gasteiger partial charge in [-0.25, -0.2) is 0 Å². The summed E-state index contributed by atoms with van der Waals surface area (Å²) >= 11 is 11.2. The Hall–Kier alpha value is -1.55. The van der Waals surface area contributed by atoms with Crippen molar-refractivity contribution in [2.24, 2.45) is 0 Å². The number of amides is 1. The topological polar surface area (TPSA) is 23.6 Å². The van der Waals surface area contributed by atoms with Crippen LogP contribution in [0.15, 0.2) is 48.5 Å². The fraction of sp³-hybridized carbons (Fsp3) is 0.435. The highest BCUT2D eigenvalue weighted by atomic mass is 35.5. The highest BCUT2D eigenvalue weighted by molar-refractivity contribution is 6.41. The van der Waals surface area contributed by atoms with E-state index in [9.17, 15) is 4.79 Å². The van der Waals surface area contributed by atoms with Crippen LogP contribution in [0.5, 0.6) is 0 Å². The third-order valence-corrected chi connectivity index (χ3v) is 6.47. The summed E-state index contributed by atoms with van der Waals surface area (Å²) in [6.45, 7) is 4.32. The Bertz CT molecular complexity index is 784. The Morgan fingerprint density at radius 3 is 2.18 bits per heavy atom. The SMILES string of the molecule is CCC(=O)N(C)C1c2ccccc2CC1N1CCCC1.Clc1ccccc1Cl. The number of carbonyl (C=O) groups is 1. The monoisotopic (exact) mass is 418 g/mol. The number of likely N-dealkylation sites (tertiary alicyclic amines) is 1. The van der Waals surface area contributed by atoms with Crippen molar-refractivity contribution in [3.05, 3.63) is 69.7 Å². The van der Waals surface area contributed by atoms with E-state index in [1.54, 1.807) is 12.1 Å². The lowest BCUT2D eigenvalue weighted by Gasteiger charge is -2.35. The van der Waals surface area contributed by atoms with Gasteiger partial charge in [0.05, 0.1) is 16.1 Å². The van der Waals surface area contributed by atoms with Gasteiger partial charge >= 0.3 is 0 Å². The molecule has 0 N–H and O–H groups in total. The summed E-state index contributed by atoms with van der Waals surface area (Å²) in [5.41, 5.74) is 2.78. The first kappa shape index (κ1) is 21.2. The first-order valence-corrected chi connectivity index (χ1v) is 10.8. The molecule has 2 aromatic carbocycles. The average molecular weight is 419 g/mol. The van der Waals surface area contributed by atoms with Crippen LogP contribution in [0.1, 0.15) is 43.4 Å². The molecule has 0 radical (unpaired) electrons. The van der Waals surface area contributed by atoms with E-state index in [0.717, 1.165) is 6.42 Å². The van der Waals surface area contributed by atoms with Crippen LogP contribution in [0.3, 0.4) is 0 Å². The number of nitrogens with zero attached hydrogens (tertiary/aromatic N) is 2. The minimum atomic E-state index is 0.233. The maximum atomic E-state index is 12.2. The Balaban J connectivity index is 0.000000236. The highest BCUT2D eigenvalue weighted by Crippen LogP contribution is 2.39. The number of rotatable bonds is 3. The standard InChI is InChI=1S/C17H24N2O.C6H4Cl2/c1-3-16(20)18(2)17-14-9-5-4-8-13(14)12-15(17)19-10-6-7-11-19;7-5-3-1-2-4-6(5)8/h4-5,8-9,15,17H,3,6-7,10-12H2,1-2H3;1-4H. The van der Waals surface area contributed by atoms with E-state index >= 15 is 0 Å². The van der Waals surface area contributed by atoms with E-state index in [0.29, 0.717) is 22.5 Å². The molecular formula is C23H28Cl2N2O. The first-order valence-electron chi connectivity index (χ1n) is 10.0. The molecule has 3 nitrogen and oxygen atoms in total. The molecule has 28 heavy (non-hydrogen) atoms. The van der Waals surface area contributed by atoms with Crippen LogP contribution in [-0.4, -0.2) is 41.9 Å².